The Bertz CT molecular complexity index is 1090. The molecule has 0 bridgehead atoms. The molecule has 0 aliphatic carbocycles. The van der Waals surface area contributed by atoms with Crippen LogP contribution in [0.25, 0.3) is 22.2 Å². The molecule has 0 spiro atoms. The Balaban J connectivity index is 1.68. The molecule has 1 aliphatic heterocycles. The number of hydrogen-bond acceptors (Lipinski definition) is 5. The van der Waals surface area contributed by atoms with E-state index in [2.05, 4.69) is 14.9 Å². The van der Waals surface area contributed by atoms with Gasteiger partial charge in [-0.1, -0.05) is 17.7 Å². The molecule has 0 atom stereocenters. The molecule has 3 heterocycles. The first-order chi connectivity index (χ1) is 12.9. The number of likely N-dealkylation sites (N-methyl/N-ethyl adjacent to an activating group) is 1. The number of aromatic amines is 1. The number of sulfonamides is 1. The normalized spacial score (nSPS) is 16.8. The highest BCUT2D eigenvalue weighted by molar-refractivity contribution is 7.89. The number of pyridine rings is 1. The molecule has 1 saturated heterocycles. The fraction of sp³-hybridized carbons (Fsp3) is 0.278. The molecule has 2 aromatic heterocycles. The molecule has 1 aliphatic rings. The largest absolute Gasteiger partial charge is 0.494 e. The van der Waals surface area contributed by atoms with Crippen molar-refractivity contribution in [3.63, 3.8) is 0 Å². The molecule has 1 aromatic carbocycles. The molecule has 0 saturated carbocycles. The van der Waals surface area contributed by atoms with E-state index in [1.165, 1.54) is 16.6 Å². The summed E-state index contributed by atoms with van der Waals surface area (Å²) in [5, 5.41) is 11.6. The molecule has 7 nitrogen and oxygen atoms in total. The lowest BCUT2D eigenvalue weighted by molar-refractivity contribution is 0.222. The maximum Gasteiger partial charge on any atom is 0.244 e. The van der Waals surface area contributed by atoms with E-state index < -0.39 is 10.0 Å². The molecule has 0 unspecified atom stereocenters. The maximum absolute atomic E-state index is 12.8. The Labute approximate surface area is 162 Å². The van der Waals surface area contributed by atoms with Crippen molar-refractivity contribution < 1.29 is 13.5 Å². The zero-order valence-electron chi connectivity index (χ0n) is 14.7. The third-order valence-electron chi connectivity index (χ3n) is 4.83. The maximum atomic E-state index is 12.8. The number of piperazine rings is 1. The van der Waals surface area contributed by atoms with E-state index in [9.17, 15) is 13.5 Å². The van der Waals surface area contributed by atoms with Gasteiger partial charge in [-0.15, -0.1) is 0 Å². The summed E-state index contributed by atoms with van der Waals surface area (Å²) < 4.78 is 27.1. The van der Waals surface area contributed by atoms with Crippen molar-refractivity contribution in [1.82, 2.24) is 19.2 Å². The highest BCUT2D eigenvalue weighted by Crippen LogP contribution is 2.36. The van der Waals surface area contributed by atoms with Gasteiger partial charge in [0.05, 0.1) is 16.8 Å². The third-order valence-corrected chi connectivity index (χ3v) is 6.95. The molecule has 9 heteroatoms. The standard InChI is InChI=1S/C18H19ClN4O3S/c1-22-6-8-23(9-7-22)27(25,26)13-3-5-15(20-11-13)17-14-4-2-12(19)10-16(14)21-18(17)24/h2-5,10-11,21,24H,6-9H2,1H3. The molecule has 1 fully saturated rings. The predicted molar refractivity (Wildman–Crippen MR) is 104 cm³/mol. The van der Waals surface area contributed by atoms with Crippen molar-refractivity contribution in [2.75, 3.05) is 33.2 Å². The van der Waals surface area contributed by atoms with Crippen LogP contribution in [0.4, 0.5) is 0 Å². The van der Waals surface area contributed by atoms with Crippen LogP contribution in [0, 0.1) is 0 Å². The highest BCUT2D eigenvalue weighted by Gasteiger charge is 2.28. The van der Waals surface area contributed by atoms with E-state index in [0.717, 1.165) is 5.39 Å². The molecular formula is C18H19ClN4O3S. The second-order valence-corrected chi connectivity index (χ2v) is 9.00. The fourth-order valence-electron chi connectivity index (χ4n) is 3.27. The average Bonchev–Trinajstić information content (AvgIpc) is 2.97. The molecule has 0 amide bonds. The monoisotopic (exact) mass is 406 g/mol. The first kappa shape index (κ1) is 18.2. The lowest BCUT2D eigenvalue weighted by atomic mass is 10.1. The number of aromatic hydroxyl groups is 1. The van der Waals surface area contributed by atoms with Crippen LogP contribution in [0.15, 0.2) is 41.4 Å². The Kier molecular flexibility index (Phi) is 4.59. The van der Waals surface area contributed by atoms with Crippen molar-refractivity contribution in [2.45, 2.75) is 4.90 Å². The van der Waals surface area contributed by atoms with E-state index in [1.54, 1.807) is 24.3 Å². The second kappa shape index (κ2) is 6.79. The first-order valence-corrected chi connectivity index (χ1v) is 10.3. The number of benzene rings is 1. The minimum Gasteiger partial charge on any atom is -0.494 e. The van der Waals surface area contributed by atoms with Gasteiger partial charge in [0, 0.05) is 42.8 Å². The van der Waals surface area contributed by atoms with Gasteiger partial charge in [-0.2, -0.15) is 4.31 Å². The van der Waals surface area contributed by atoms with Gasteiger partial charge in [-0.05, 0) is 31.3 Å². The number of H-pyrrole nitrogens is 1. The number of nitrogens with one attached hydrogen (secondary N) is 1. The smallest absolute Gasteiger partial charge is 0.244 e. The van der Waals surface area contributed by atoms with Crippen molar-refractivity contribution in [3.05, 3.63) is 41.6 Å². The van der Waals surface area contributed by atoms with Crippen molar-refractivity contribution in [3.8, 4) is 17.1 Å². The summed E-state index contributed by atoms with van der Waals surface area (Å²) in [4.78, 5) is 9.42. The van der Waals surface area contributed by atoms with Crippen LogP contribution in [0.2, 0.25) is 5.02 Å². The lowest BCUT2D eigenvalue weighted by Crippen LogP contribution is -2.47. The second-order valence-electron chi connectivity index (χ2n) is 6.63. The van der Waals surface area contributed by atoms with Crippen LogP contribution in [0.5, 0.6) is 5.88 Å². The first-order valence-electron chi connectivity index (χ1n) is 8.51. The van der Waals surface area contributed by atoms with Gasteiger partial charge in [0.25, 0.3) is 0 Å². The number of fused-ring (bicyclic) bond motifs is 1. The lowest BCUT2D eigenvalue weighted by Gasteiger charge is -2.31. The van der Waals surface area contributed by atoms with Crippen LogP contribution in [0.3, 0.4) is 0 Å². The minimum atomic E-state index is -3.57. The molecule has 2 N–H and O–H groups in total. The van der Waals surface area contributed by atoms with Crippen molar-refractivity contribution >= 4 is 32.5 Å². The van der Waals surface area contributed by atoms with Crippen LogP contribution in [-0.2, 0) is 10.0 Å². The van der Waals surface area contributed by atoms with E-state index >= 15 is 0 Å². The summed E-state index contributed by atoms with van der Waals surface area (Å²) in [5.74, 6) is -0.0329. The van der Waals surface area contributed by atoms with Crippen molar-refractivity contribution in [2.24, 2.45) is 0 Å². The topological polar surface area (TPSA) is 89.5 Å². The number of halogens is 1. The highest BCUT2D eigenvalue weighted by atomic mass is 35.5. The van der Waals surface area contributed by atoms with E-state index in [1.807, 2.05) is 7.05 Å². The number of nitrogens with zero attached hydrogens (tertiary/aromatic N) is 3. The van der Waals surface area contributed by atoms with Crippen molar-refractivity contribution in [1.29, 1.82) is 0 Å². The van der Waals surface area contributed by atoms with Crippen LogP contribution < -0.4 is 0 Å². The summed E-state index contributed by atoms with van der Waals surface area (Å²) in [5.41, 5.74) is 1.69. The number of rotatable bonds is 3. The van der Waals surface area contributed by atoms with Gasteiger partial charge in [-0.3, -0.25) is 4.98 Å². The van der Waals surface area contributed by atoms with E-state index in [0.29, 0.717) is 48.0 Å². The van der Waals surface area contributed by atoms with E-state index in [4.69, 9.17) is 11.6 Å². The number of hydrogen-bond donors (Lipinski definition) is 2. The van der Waals surface area contributed by atoms with Gasteiger partial charge < -0.3 is 15.0 Å². The summed E-state index contributed by atoms with van der Waals surface area (Å²) >= 11 is 5.99. The summed E-state index contributed by atoms with van der Waals surface area (Å²) in [6, 6.07) is 8.38. The average molecular weight is 407 g/mol. The summed E-state index contributed by atoms with van der Waals surface area (Å²) in [6.45, 7) is 2.34. The Morgan fingerprint density at radius 1 is 1.15 bits per heavy atom. The molecule has 142 valence electrons. The Morgan fingerprint density at radius 3 is 2.56 bits per heavy atom. The van der Waals surface area contributed by atoms with Crippen LogP contribution in [0.1, 0.15) is 0 Å². The SMILES string of the molecule is CN1CCN(S(=O)(=O)c2ccc(-c3c(O)[nH]c4cc(Cl)ccc34)nc2)CC1. The fourth-order valence-corrected chi connectivity index (χ4v) is 4.81. The molecule has 0 radical (unpaired) electrons. The van der Waals surface area contributed by atoms with Gasteiger partial charge in [0.1, 0.15) is 4.90 Å². The van der Waals surface area contributed by atoms with Crippen LogP contribution >= 0.6 is 11.6 Å². The zero-order valence-corrected chi connectivity index (χ0v) is 16.3. The zero-order chi connectivity index (χ0) is 19.2. The van der Waals surface area contributed by atoms with E-state index in [-0.39, 0.29) is 10.8 Å². The summed E-state index contributed by atoms with van der Waals surface area (Å²) in [7, 11) is -1.60. The molecule has 3 aromatic rings. The van der Waals surface area contributed by atoms with Gasteiger partial charge in [0.15, 0.2) is 5.88 Å². The summed E-state index contributed by atoms with van der Waals surface area (Å²) in [6.07, 6.45) is 1.34. The van der Waals surface area contributed by atoms with Gasteiger partial charge >= 0.3 is 0 Å². The van der Waals surface area contributed by atoms with Crippen LogP contribution in [-0.4, -0.2) is 65.9 Å². The molecule has 27 heavy (non-hydrogen) atoms. The minimum absolute atomic E-state index is 0.0329. The molecular weight excluding hydrogens is 388 g/mol. The van der Waals surface area contributed by atoms with Gasteiger partial charge in [-0.25, -0.2) is 8.42 Å². The van der Waals surface area contributed by atoms with Gasteiger partial charge in [0.2, 0.25) is 10.0 Å². The Hall–Kier alpha value is -2.13. The third kappa shape index (κ3) is 3.29. The number of aromatic nitrogens is 2. The quantitative estimate of drug-likeness (QED) is 0.697. The molecule has 4 rings (SSSR count). The Morgan fingerprint density at radius 2 is 1.89 bits per heavy atom. The predicted octanol–water partition coefficient (Wildman–Crippen LogP) is 2.53.